The number of aryl methyl sites for hydroxylation is 1. The molecule has 1 N–H and O–H groups in total. The minimum absolute atomic E-state index is 0.137. The molecule has 0 aromatic carbocycles. The highest BCUT2D eigenvalue weighted by atomic mass is 79.9. The molecule has 2 aromatic heterocycles. The molecular formula is C12H17BrN6O. The fraction of sp³-hybridized carbons (Fsp3) is 0.500. The summed E-state index contributed by atoms with van der Waals surface area (Å²) in [7, 11) is 1.87. The average Bonchev–Trinajstić information content (AvgIpc) is 2.79. The topological polar surface area (TPSA) is 77.6 Å². The Morgan fingerprint density at radius 3 is 2.80 bits per heavy atom. The van der Waals surface area contributed by atoms with Crippen molar-refractivity contribution in [2.45, 2.75) is 26.9 Å². The average molecular weight is 341 g/mol. The molecule has 0 aliphatic carbocycles. The first-order valence-corrected chi connectivity index (χ1v) is 7.10. The third kappa shape index (κ3) is 3.24. The second-order valence-electron chi connectivity index (χ2n) is 4.96. The van der Waals surface area contributed by atoms with E-state index in [1.807, 2.05) is 25.5 Å². The molecule has 0 aliphatic heterocycles. The van der Waals surface area contributed by atoms with Gasteiger partial charge in [0.25, 0.3) is 5.56 Å². The van der Waals surface area contributed by atoms with Crippen molar-refractivity contribution in [3.05, 3.63) is 33.2 Å². The van der Waals surface area contributed by atoms with Gasteiger partial charge in [0.2, 0.25) is 0 Å². The third-order valence-corrected chi connectivity index (χ3v) is 3.53. The molecule has 0 spiro atoms. The summed E-state index contributed by atoms with van der Waals surface area (Å²) in [5, 5.41) is 15.1. The maximum absolute atomic E-state index is 12.1. The van der Waals surface area contributed by atoms with E-state index in [1.165, 1.54) is 4.68 Å². The SMILES string of the molecule is CC(C)Cn1ncc(NCc2nncn2C)c(Br)c1=O. The summed E-state index contributed by atoms with van der Waals surface area (Å²) in [6.45, 7) is 5.16. The fourth-order valence-corrected chi connectivity index (χ4v) is 2.15. The lowest BCUT2D eigenvalue weighted by Gasteiger charge is -2.11. The summed E-state index contributed by atoms with van der Waals surface area (Å²) in [5.41, 5.74) is 0.514. The Labute approximate surface area is 125 Å². The zero-order valence-electron chi connectivity index (χ0n) is 11.7. The minimum Gasteiger partial charge on any atom is -0.375 e. The van der Waals surface area contributed by atoms with Crippen LogP contribution in [0.15, 0.2) is 21.8 Å². The molecule has 0 saturated heterocycles. The maximum Gasteiger partial charge on any atom is 0.283 e. The van der Waals surface area contributed by atoms with Crippen molar-refractivity contribution in [2.75, 3.05) is 5.32 Å². The van der Waals surface area contributed by atoms with Gasteiger partial charge >= 0.3 is 0 Å². The van der Waals surface area contributed by atoms with Gasteiger partial charge in [-0.1, -0.05) is 13.8 Å². The van der Waals surface area contributed by atoms with E-state index in [9.17, 15) is 4.79 Å². The second kappa shape index (κ2) is 6.17. The molecule has 7 nitrogen and oxygen atoms in total. The fourth-order valence-electron chi connectivity index (χ4n) is 1.71. The summed E-state index contributed by atoms with van der Waals surface area (Å²) < 4.78 is 3.76. The van der Waals surface area contributed by atoms with Crippen molar-refractivity contribution < 1.29 is 0 Å². The van der Waals surface area contributed by atoms with Crippen LogP contribution in [0.2, 0.25) is 0 Å². The van der Waals surface area contributed by atoms with Crippen molar-refractivity contribution in [1.82, 2.24) is 24.5 Å². The van der Waals surface area contributed by atoms with E-state index >= 15 is 0 Å². The normalized spacial score (nSPS) is 11.1. The zero-order chi connectivity index (χ0) is 14.7. The Hall–Kier alpha value is -1.70. The number of nitrogens with zero attached hydrogens (tertiary/aromatic N) is 5. The third-order valence-electron chi connectivity index (χ3n) is 2.77. The monoisotopic (exact) mass is 340 g/mol. The van der Waals surface area contributed by atoms with Gasteiger partial charge in [0.05, 0.1) is 18.4 Å². The molecular weight excluding hydrogens is 324 g/mol. The van der Waals surface area contributed by atoms with Crippen LogP contribution >= 0.6 is 15.9 Å². The summed E-state index contributed by atoms with van der Waals surface area (Å²) >= 11 is 3.33. The van der Waals surface area contributed by atoms with Gasteiger partial charge < -0.3 is 9.88 Å². The van der Waals surface area contributed by atoms with E-state index in [-0.39, 0.29) is 5.56 Å². The summed E-state index contributed by atoms with van der Waals surface area (Å²) in [6, 6.07) is 0. The predicted molar refractivity (Wildman–Crippen MR) is 79.4 cm³/mol. The highest BCUT2D eigenvalue weighted by Crippen LogP contribution is 2.17. The molecule has 0 bridgehead atoms. The Morgan fingerprint density at radius 2 is 2.20 bits per heavy atom. The van der Waals surface area contributed by atoms with Crippen molar-refractivity contribution in [1.29, 1.82) is 0 Å². The first-order chi connectivity index (χ1) is 9.49. The standard InChI is InChI=1S/C12H17BrN6O/c1-8(2)6-19-12(20)11(13)9(4-16-19)14-5-10-17-15-7-18(10)3/h4,7-8,14H,5-6H2,1-3H3. The highest BCUT2D eigenvalue weighted by Gasteiger charge is 2.10. The van der Waals surface area contributed by atoms with Crippen molar-refractivity contribution in [3.63, 3.8) is 0 Å². The zero-order valence-corrected chi connectivity index (χ0v) is 13.3. The van der Waals surface area contributed by atoms with Gasteiger partial charge in [-0.05, 0) is 21.8 Å². The molecule has 2 heterocycles. The van der Waals surface area contributed by atoms with Crippen LogP contribution in [0.1, 0.15) is 19.7 Å². The van der Waals surface area contributed by atoms with Crippen LogP contribution in [-0.4, -0.2) is 24.5 Å². The molecule has 0 fully saturated rings. The first-order valence-electron chi connectivity index (χ1n) is 6.31. The molecule has 2 aromatic rings. The number of rotatable bonds is 5. The molecule has 0 radical (unpaired) electrons. The van der Waals surface area contributed by atoms with Crippen LogP contribution in [0.5, 0.6) is 0 Å². The molecule has 108 valence electrons. The Kier molecular flexibility index (Phi) is 4.53. The van der Waals surface area contributed by atoms with Gasteiger partial charge in [0.15, 0.2) is 5.82 Å². The Morgan fingerprint density at radius 1 is 1.45 bits per heavy atom. The largest absolute Gasteiger partial charge is 0.375 e. The van der Waals surface area contributed by atoms with Crippen LogP contribution in [0.25, 0.3) is 0 Å². The Balaban J connectivity index is 2.15. The second-order valence-corrected chi connectivity index (χ2v) is 5.76. The van der Waals surface area contributed by atoms with Crippen LogP contribution in [-0.2, 0) is 20.1 Å². The molecule has 0 saturated carbocycles. The van der Waals surface area contributed by atoms with Gasteiger partial charge in [-0.2, -0.15) is 5.10 Å². The van der Waals surface area contributed by atoms with E-state index < -0.39 is 0 Å². The van der Waals surface area contributed by atoms with Crippen molar-refractivity contribution in [3.8, 4) is 0 Å². The van der Waals surface area contributed by atoms with E-state index in [1.54, 1.807) is 12.5 Å². The molecule has 0 aliphatic rings. The van der Waals surface area contributed by atoms with Gasteiger partial charge in [-0.3, -0.25) is 4.79 Å². The summed E-state index contributed by atoms with van der Waals surface area (Å²) in [6.07, 6.45) is 3.27. The molecule has 20 heavy (non-hydrogen) atoms. The van der Waals surface area contributed by atoms with Gasteiger partial charge in [-0.15, -0.1) is 10.2 Å². The summed E-state index contributed by atoms with van der Waals surface area (Å²) in [5.74, 6) is 1.15. The first kappa shape index (κ1) is 14.7. The molecule has 0 unspecified atom stereocenters. The maximum atomic E-state index is 12.1. The summed E-state index contributed by atoms with van der Waals surface area (Å²) in [4.78, 5) is 12.1. The van der Waals surface area contributed by atoms with Crippen molar-refractivity contribution >= 4 is 21.6 Å². The van der Waals surface area contributed by atoms with Crippen LogP contribution in [0.3, 0.4) is 0 Å². The van der Waals surface area contributed by atoms with Crippen molar-refractivity contribution in [2.24, 2.45) is 13.0 Å². The number of nitrogens with one attached hydrogen (secondary N) is 1. The Bertz CT molecular complexity index is 648. The predicted octanol–water partition coefficient (Wildman–Crippen LogP) is 1.40. The molecule has 0 atom stereocenters. The quantitative estimate of drug-likeness (QED) is 0.890. The van der Waals surface area contributed by atoms with E-state index in [2.05, 4.69) is 36.5 Å². The van der Waals surface area contributed by atoms with Gasteiger partial charge in [0.1, 0.15) is 10.8 Å². The van der Waals surface area contributed by atoms with Crippen LogP contribution < -0.4 is 10.9 Å². The lowest BCUT2D eigenvalue weighted by atomic mass is 10.2. The number of anilines is 1. The number of halogens is 1. The molecule has 0 amide bonds. The lowest BCUT2D eigenvalue weighted by Crippen LogP contribution is -2.26. The molecule has 2 rings (SSSR count). The number of aromatic nitrogens is 5. The smallest absolute Gasteiger partial charge is 0.283 e. The minimum atomic E-state index is -0.137. The van der Waals surface area contributed by atoms with E-state index in [0.29, 0.717) is 29.2 Å². The van der Waals surface area contributed by atoms with Crippen LogP contribution in [0, 0.1) is 5.92 Å². The van der Waals surface area contributed by atoms with E-state index in [4.69, 9.17) is 0 Å². The van der Waals surface area contributed by atoms with E-state index in [0.717, 1.165) is 5.82 Å². The highest BCUT2D eigenvalue weighted by molar-refractivity contribution is 9.10. The van der Waals surface area contributed by atoms with Gasteiger partial charge in [-0.25, -0.2) is 4.68 Å². The number of hydrogen-bond acceptors (Lipinski definition) is 5. The lowest BCUT2D eigenvalue weighted by molar-refractivity contribution is 0.462. The van der Waals surface area contributed by atoms with Crippen LogP contribution in [0.4, 0.5) is 5.69 Å². The van der Waals surface area contributed by atoms with Gasteiger partial charge in [0, 0.05) is 13.6 Å². The molecule has 8 heteroatoms. The number of hydrogen-bond donors (Lipinski definition) is 1.